The first-order valence-electron chi connectivity index (χ1n) is 7.51. The maximum atomic E-state index is 12.1. The number of nitrogens with zero attached hydrogens (tertiary/aromatic N) is 4. The molecule has 0 amide bonds. The molecular weight excluding hydrogens is 328 g/mol. The van der Waals surface area contributed by atoms with E-state index >= 15 is 0 Å². The first-order valence-corrected chi connectivity index (χ1v) is 7.88. The van der Waals surface area contributed by atoms with Gasteiger partial charge >= 0.3 is 0 Å². The molecule has 0 saturated heterocycles. The van der Waals surface area contributed by atoms with E-state index in [1.54, 1.807) is 24.5 Å². The minimum absolute atomic E-state index is 0.0741. The number of pyridine rings is 2. The topological polar surface area (TPSA) is 72.9 Å². The predicted octanol–water partition coefficient (Wildman–Crippen LogP) is 2.36. The van der Waals surface area contributed by atoms with Crippen LogP contribution >= 0.6 is 11.6 Å². The highest BCUT2D eigenvalue weighted by atomic mass is 35.5. The Morgan fingerprint density at radius 1 is 1.25 bits per heavy atom. The number of halogens is 1. The third kappa shape index (κ3) is 2.98. The van der Waals surface area contributed by atoms with E-state index in [4.69, 9.17) is 16.7 Å². The van der Waals surface area contributed by atoms with Crippen LogP contribution in [0.4, 0.5) is 0 Å². The van der Waals surface area contributed by atoms with Gasteiger partial charge < -0.3 is 14.2 Å². The van der Waals surface area contributed by atoms with Crippen molar-refractivity contribution in [1.82, 2.24) is 19.1 Å². The molecule has 6 nitrogen and oxygen atoms in total. The van der Waals surface area contributed by atoms with E-state index in [1.807, 2.05) is 30.5 Å². The van der Waals surface area contributed by atoms with E-state index in [1.165, 1.54) is 4.57 Å². The number of aliphatic hydroxyl groups is 1. The highest BCUT2D eigenvalue weighted by Crippen LogP contribution is 2.26. The lowest BCUT2D eigenvalue weighted by Crippen LogP contribution is -2.21. The number of rotatable bonds is 4. The van der Waals surface area contributed by atoms with Gasteiger partial charge in [-0.3, -0.25) is 4.79 Å². The molecule has 0 aliphatic heterocycles. The highest BCUT2D eigenvalue weighted by molar-refractivity contribution is 6.29. The van der Waals surface area contributed by atoms with Crippen molar-refractivity contribution in [2.75, 3.05) is 6.61 Å². The minimum atomic E-state index is -0.164. The van der Waals surface area contributed by atoms with Crippen molar-refractivity contribution in [3.05, 3.63) is 63.7 Å². The molecule has 3 rings (SSSR count). The van der Waals surface area contributed by atoms with Gasteiger partial charge in [0, 0.05) is 36.3 Å². The molecule has 0 aromatic carbocycles. The first-order chi connectivity index (χ1) is 11.5. The molecule has 7 heteroatoms. The molecule has 0 saturated carbocycles. The molecule has 24 heavy (non-hydrogen) atoms. The highest BCUT2D eigenvalue weighted by Gasteiger charge is 2.15. The Labute approximate surface area is 144 Å². The Morgan fingerprint density at radius 3 is 2.71 bits per heavy atom. The van der Waals surface area contributed by atoms with Crippen molar-refractivity contribution >= 4 is 11.6 Å². The number of hydrogen-bond acceptors (Lipinski definition) is 4. The van der Waals surface area contributed by atoms with Crippen LogP contribution in [0.5, 0.6) is 0 Å². The van der Waals surface area contributed by atoms with Gasteiger partial charge in [-0.15, -0.1) is 0 Å². The largest absolute Gasteiger partial charge is 0.395 e. The summed E-state index contributed by atoms with van der Waals surface area (Å²) in [6.45, 7) is 4.04. The van der Waals surface area contributed by atoms with Crippen molar-refractivity contribution < 1.29 is 5.11 Å². The molecule has 0 bridgehead atoms. The van der Waals surface area contributed by atoms with Crippen molar-refractivity contribution in [2.45, 2.75) is 20.4 Å². The summed E-state index contributed by atoms with van der Waals surface area (Å²) in [6, 6.07) is 6.99. The standard InChI is InChI=1S/C17H17ClN4O2/c1-11-17(13-3-5-19-15(18)9-13)20-12(2)22(11)14-4-6-21(7-8-23)16(24)10-14/h3-6,9-10,23H,7-8H2,1-2H3. The maximum absolute atomic E-state index is 12.1. The number of imidazole rings is 1. The van der Waals surface area contributed by atoms with E-state index in [-0.39, 0.29) is 18.7 Å². The summed E-state index contributed by atoms with van der Waals surface area (Å²) in [6.07, 6.45) is 3.32. The van der Waals surface area contributed by atoms with Crippen LogP contribution in [0.25, 0.3) is 16.9 Å². The molecule has 124 valence electrons. The number of hydrogen-bond donors (Lipinski definition) is 1. The van der Waals surface area contributed by atoms with Crippen LogP contribution in [0.3, 0.4) is 0 Å². The van der Waals surface area contributed by atoms with Gasteiger partial charge in [0.05, 0.1) is 18.0 Å². The fourth-order valence-corrected chi connectivity index (χ4v) is 2.95. The molecule has 0 radical (unpaired) electrons. The van der Waals surface area contributed by atoms with Crippen LogP contribution in [-0.2, 0) is 6.54 Å². The van der Waals surface area contributed by atoms with Gasteiger partial charge in [0.1, 0.15) is 11.0 Å². The Hall–Kier alpha value is -2.44. The summed E-state index contributed by atoms with van der Waals surface area (Å²) >= 11 is 5.97. The molecule has 3 aromatic rings. The molecule has 0 unspecified atom stereocenters. The molecule has 3 aromatic heterocycles. The van der Waals surface area contributed by atoms with Gasteiger partial charge in [-0.05, 0) is 32.0 Å². The Balaban J connectivity index is 2.10. The Bertz CT molecular complexity index is 946. The lowest BCUT2D eigenvalue weighted by atomic mass is 10.1. The van der Waals surface area contributed by atoms with Crippen molar-refractivity contribution in [2.24, 2.45) is 0 Å². The van der Waals surface area contributed by atoms with Gasteiger partial charge in [-0.25, -0.2) is 9.97 Å². The second kappa shape index (κ2) is 6.59. The fourth-order valence-electron chi connectivity index (χ4n) is 2.77. The average molecular weight is 345 g/mol. The molecular formula is C17H17ClN4O2. The monoisotopic (exact) mass is 344 g/mol. The van der Waals surface area contributed by atoms with Crippen LogP contribution in [0.1, 0.15) is 11.5 Å². The van der Waals surface area contributed by atoms with Crippen LogP contribution in [0.2, 0.25) is 5.15 Å². The normalized spacial score (nSPS) is 11.0. The smallest absolute Gasteiger partial charge is 0.252 e. The fraction of sp³-hybridized carbons (Fsp3) is 0.235. The van der Waals surface area contributed by atoms with Crippen molar-refractivity contribution in [3.8, 4) is 16.9 Å². The molecule has 0 fully saturated rings. The molecule has 0 aliphatic rings. The van der Waals surface area contributed by atoms with E-state index in [9.17, 15) is 4.79 Å². The van der Waals surface area contributed by atoms with Gasteiger partial charge in [-0.1, -0.05) is 11.6 Å². The van der Waals surface area contributed by atoms with E-state index in [0.29, 0.717) is 5.15 Å². The van der Waals surface area contributed by atoms with Crippen molar-refractivity contribution in [1.29, 1.82) is 0 Å². The minimum Gasteiger partial charge on any atom is -0.395 e. The summed E-state index contributed by atoms with van der Waals surface area (Å²) in [4.78, 5) is 20.7. The predicted molar refractivity (Wildman–Crippen MR) is 92.6 cm³/mol. The number of aryl methyl sites for hydroxylation is 1. The van der Waals surface area contributed by atoms with Crippen LogP contribution in [0.15, 0.2) is 41.5 Å². The summed E-state index contributed by atoms with van der Waals surface area (Å²) in [5.74, 6) is 0.773. The lowest BCUT2D eigenvalue weighted by molar-refractivity contribution is 0.274. The summed E-state index contributed by atoms with van der Waals surface area (Å²) < 4.78 is 3.39. The molecule has 1 N–H and O–H groups in total. The van der Waals surface area contributed by atoms with Gasteiger partial charge in [0.15, 0.2) is 0 Å². The van der Waals surface area contributed by atoms with Crippen LogP contribution < -0.4 is 5.56 Å². The quantitative estimate of drug-likeness (QED) is 0.737. The second-order valence-electron chi connectivity index (χ2n) is 5.44. The van der Waals surface area contributed by atoms with E-state index in [2.05, 4.69) is 9.97 Å². The van der Waals surface area contributed by atoms with E-state index < -0.39 is 0 Å². The van der Waals surface area contributed by atoms with Crippen LogP contribution in [0, 0.1) is 13.8 Å². The van der Waals surface area contributed by atoms with Gasteiger partial charge in [0.25, 0.3) is 5.56 Å². The molecule has 0 atom stereocenters. The average Bonchev–Trinajstić information content (AvgIpc) is 2.84. The zero-order valence-electron chi connectivity index (χ0n) is 13.4. The molecule has 3 heterocycles. The van der Waals surface area contributed by atoms with Gasteiger partial charge in [-0.2, -0.15) is 0 Å². The van der Waals surface area contributed by atoms with Crippen LogP contribution in [-0.4, -0.2) is 30.8 Å². The number of aliphatic hydroxyl groups excluding tert-OH is 1. The SMILES string of the molecule is Cc1nc(-c2ccnc(Cl)c2)c(C)n1-c1ccn(CCO)c(=O)c1. The molecule has 0 aliphatic carbocycles. The Morgan fingerprint density at radius 2 is 2.04 bits per heavy atom. The first kappa shape index (κ1) is 16.4. The maximum Gasteiger partial charge on any atom is 0.252 e. The molecule has 0 spiro atoms. The van der Waals surface area contributed by atoms with E-state index in [0.717, 1.165) is 28.5 Å². The lowest BCUT2D eigenvalue weighted by Gasteiger charge is -2.10. The second-order valence-corrected chi connectivity index (χ2v) is 5.82. The van der Waals surface area contributed by atoms with Crippen molar-refractivity contribution in [3.63, 3.8) is 0 Å². The zero-order valence-corrected chi connectivity index (χ0v) is 14.2. The summed E-state index contributed by atoms with van der Waals surface area (Å²) in [5.41, 5.74) is 3.17. The summed E-state index contributed by atoms with van der Waals surface area (Å²) in [5, 5.41) is 9.39. The third-order valence-corrected chi connectivity index (χ3v) is 4.06. The summed E-state index contributed by atoms with van der Waals surface area (Å²) in [7, 11) is 0. The third-order valence-electron chi connectivity index (χ3n) is 3.85. The number of aromatic nitrogens is 4. The van der Waals surface area contributed by atoms with Gasteiger partial charge in [0.2, 0.25) is 0 Å². The zero-order chi connectivity index (χ0) is 17.3. The Kier molecular flexibility index (Phi) is 4.51.